The molecule has 20 heavy (non-hydrogen) atoms. The lowest BCUT2D eigenvalue weighted by atomic mass is 10.1. The molecule has 0 saturated carbocycles. The van der Waals surface area contributed by atoms with Crippen LogP contribution >= 0.6 is 0 Å². The topological polar surface area (TPSA) is 98.3 Å². The molecular formula is C14H21N3O3. The lowest BCUT2D eigenvalue weighted by Crippen LogP contribution is -2.35. The smallest absolute Gasteiger partial charge is 0.293 e. The van der Waals surface area contributed by atoms with Crippen molar-refractivity contribution in [2.24, 2.45) is 5.73 Å². The Balaban J connectivity index is 2.93. The number of anilines is 1. The number of benzene rings is 1. The van der Waals surface area contributed by atoms with E-state index in [-0.39, 0.29) is 17.3 Å². The Hall–Kier alpha value is -1.95. The highest BCUT2D eigenvalue weighted by Crippen LogP contribution is 2.28. The first-order valence-corrected chi connectivity index (χ1v) is 6.68. The maximum absolute atomic E-state index is 11.9. The number of aryl methyl sites for hydroxylation is 2. The number of carbonyl (C=O) groups is 1. The van der Waals surface area contributed by atoms with Gasteiger partial charge in [-0.2, -0.15) is 0 Å². The first-order valence-electron chi connectivity index (χ1n) is 6.68. The van der Waals surface area contributed by atoms with Crippen molar-refractivity contribution in [3.63, 3.8) is 0 Å². The molecule has 0 aliphatic rings. The van der Waals surface area contributed by atoms with Gasteiger partial charge in [-0.3, -0.25) is 14.9 Å². The van der Waals surface area contributed by atoms with E-state index in [0.29, 0.717) is 6.42 Å². The van der Waals surface area contributed by atoms with Gasteiger partial charge in [0.05, 0.1) is 11.0 Å². The largest absolute Gasteiger partial charge is 0.320 e. The second kappa shape index (κ2) is 7.00. The normalized spacial score (nSPS) is 12.0. The van der Waals surface area contributed by atoms with Crippen LogP contribution in [0.1, 0.15) is 37.3 Å². The van der Waals surface area contributed by atoms with Crippen LogP contribution in [0.2, 0.25) is 0 Å². The Kier molecular flexibility index (Phi) is 5.64. The Bertz CT molecular complexity index is 515. The molecule has 1 aromatic carbocycles. The fourth-order valence-corrected chi connectivity index (χ4v) is 1.83. The molecule has 0 spiro atoms. The van der Waals surface area contributed by atoms with Gasteiger partial charge in [-0.15, -0.1) is 0 Å². The van der Waals surface area contributed by atoms with E-state index in [1.54, 1.807) is 13.0 Å². The van der Waals surface area contributed by atoms with Crippen LogP contribution in [0.15, 0.2) is 12.1 Å². The van der Waals surface area contributed by atoms with Gasteiger partial charge in [0.2, 0.25) is 5.91 Å². The van der Waals surface area contributed by atoms with Crippen LogP contribution in [0.25, 0.3) is 0 Å². The fraction of sp³-hybridized carbons (Fsp3) is 0.500. The third-order valence-corrected chi connectivity index (χ3v) is 3.27. The maximum Gasteiger partial charge on any atom is 0.293 e. The minimum Gasteiger partial charge on any atom is -0.320 e. The van der Waals surface area contributed by atoms with Crippen LogP contribution < -0.4 is 11.1 Å². The number of nitrogens with two attached hydrogens (primary N) is 1. The molecule has 0 radical (unpaired) electrons. The standard InChI is InChI=1S/C14H21N3O3/c1-4-5-6-11(15)14(18)16-12-7-9(2)10(3)8-13(12)17(19)20/h7-8,11H,4-6,15H2,1-3H3,(H,16,18)/t11-/m0/s1. The molecule has 0 bridgehead atoms. The summed E-state index contributed by atoms with van der Waals surface area (Å²) in [6.07, 6.45) is 2.37. The highest BCUT2D eigenvalue weighted by molar-refractivity contribution is 5.96. The molecule has 1 amide bonds. The first kappa shape index (κ1) is 16.1. The van der Waals surface area contributed by atoms with Gasteiger partial charge in [0, 0.05) is 6.07 Å². The third-order valence-electron chi connectivity index (χ3n) is 3.27. The Morgan fingerprint density at radius 3 is 2.55 bits per heavy atom. The number of nitrogens with zero attached hydrogens (tertiary/aromatic N) is 1. The second-order valence-corrected chi connectivity index (χ2v) is 4.95. The van der Waals surface area contributed by atoms with Crippen molar-refractivity contribution in [2.45, 2.75) is 46.1 Å². The molecule has 6 nitrogen and oxygen atoms in total. The monoisotopic (exact) mass is 279 g/mol. The molecule has 0 aliphatic carbocycles. The third kappa shape index (κ3) is 4.03. The molecule has 0 aliphatic heterocycles. The zero-order valence-electron chi connectivity index (χ0n) is 12.1. The lowest BCUT2D eigenvalue weighted by molar-refractivity contribution is -0.384. The summed E-state index contributed by atoms with van der Waals surface area (Å²) < 4.78 is 0. The summed E-state index contributed by atoms with van der Waals surface area (Å²) in [5.41, 5.74) is 7.55. The van der Waals surface area contributed by atoms with Crippen molar-refractivity contribution >= 4 is 17.3 Å². The number of unbranched alkanes of at least 4 members (excludes halogenated alkanes) is 1. The van der Waals surface area contributed by atoms with Crippen LogP contribution in [-0.2, 0) is 4.79 Å². The maximum atomic E-state index is 11.9. The predicted molar refractivity (Wildman–Crippen MR) is 78.7 cm³/mol. The lowest BCUT2D eigenvalue weighted by Gasteiger charge is -2.13. The van der Waals surface area contributed by atoms with Gasteiger partial charge < -0.3 is 11.1 Å². The average molecular weight is 279 g/mol. The number of nitrogens with one attached hydrogen (secondary N) is 1. The summed E-state index contributed by atoms with van der Waals surface area (Å²) in [5, 5.41) is 13.6. The Morgan fingerprint density at radius 1 is 1.40 bits per heavy atom. The molecule has 110 valence electrons. The van der Waals surface area contributed by atoms with Crippen molar-refractivity contribution in [3.05, 3.63) is 33.4 Å². The molecule has 6 heteroatoms. The zero-order valence-corrected chi connectivity index (χ0v) is 12.1. The molecule has 0 aromatic heterocycles. The quantitative estimate of drug-likeness (QED) is 0.617. The summed E-state index contributed by atoms with van der Waals surface area (Å²) in [5.74, 6) is -0.384. The number of amides is 1. The van der Waals surface area contributed by atoms with E-state index in [4.69, 9.17) is 5.73 Å². The molecule has 3 N–H and O–H groups in total. The average Bonchev–Trinajstić information content (AvgIpc) is 2.39. The molecule has 0 saturated heterocycles. The van der Waals surface area contributed by atoms with Gasteiger partial charge in [-0.1, -0.05) is 19.8 Å². The summed E-state index contributed by atoms with van der Waals surface area (Å²) in [7, 11) is 0. The van der Waals surface area contributed by atoms with Crippen molar-refractivity contribution < 1.29 is 9.72 Å². The van der Waals surface area contributed by atoms with Crippen molar-refractivity contribution in [2.75, 3.05) is 5.32 Å². The second-order valence-electron chi connectivity index (χ2n) is 4.95. The van der Waals surface area contributed by atoms with Crippen LogP contribution in [0.4, 0.5) is 11.4 Å². The van der Waals surface area contributed by atoms with Gasteiger partial charge in [0.15, 0.2) is 0 Å². The van der Waals surface area contributed by atoms with E-state index in [2.05, 4.69) is 5.32 Å². The fourth-order valence-electron chi connectivity index (χ4n) is 1.83. The Labute approximate surface area is 118 Å². The summed E-state index contributed by atoms with van der Waals surface area (Å²) in [6.45, 7) is 5.64. The van der Waals surface area contributed by atoms with Crippen LogP contribution in [0, 0.1) is 24.0 Å². The van der Waals surface area contributed by atoms with Crippen molar-refractivity contribution in [1.82, 2.24) is 0 Å². The SMILES string of the molecule is CCCC[C@H](N)C(=O)Nc1cc(C)c(C)cc1[N+](=O)[O-]. The van der Waals surface area contributed by atoms with E-state index in [9.17, 15) is 14.9 Å². The molecular weight excluding hydrogens is 258 g/mol. The van der Waals surface area contributed by atoms with Gasteiger partial charge in [-0.25, -0.2) is 0 Å². The number of hydrogen-bond donors (Lipinski definition) is 2. The molecule has 1 rings (SSSR count). The van der Waals surface area contributed by atoms with E-state index in [1.165, 1.54) is 6.07 Å². The number of rotatable bonds is 6. The molecule has 0 unspecified atom stereocenters. The van der Waals surface area contributed by atoms with E-state index >= 15 is 0 Å². The first-order chi connectivity index (χ1) is 9.36. The zero-order chi connectivity index (χ0) is 15.3. The summed E-state index contributed by atoms with van der Waals surface area (Å²) in [6, 6.07) is 2.43. The molecule has 0 heterocycles. The van der Waals surface area contributed by atoms with E-state index in [1.807, 2.05) is 13.8 Å². The highest BCUT2D eigenvalue weighted by atomic mass is 16.6. The van der Waals surface area contributed by atoms with Crippen LogP contribution in [0.3, 0.4) is 0 Å². The number of hydrogen-bond acceptors (Lipinski definition) is 4. The van der Waals surface area contributed by atoms with Gasteiger partial charge in [-0.05, 0) is 37.5 Å². The highest BCUT2D eigenvalue weighted by Gasteiger charge is 2.20. The minimum absolute atomic E-state index is 0.107. The predicted octanol–water partition coefficient (Wildman–Crippen LogP) is 2.67. The van der Waals surface area contributed by atoms with Crippen molar-refractivity contribution in [3.8, 4) is 0 Å². The molecule has 1 atom stereocenters. The van der Waals surface area contributed by atoms with E-state index < -0.39 is 11.0 Å². The Morgan fingerprint density at radius 2 is 2.00 bits per heavy atom. The summed E-state index contributed by atoms with van der Waals surface area (Å²) >= 11 is 0. The molecule has 1 aromatic rings. The number of carbonyl (C=O) groups excluding carboxylic acids is 1. The van der Waals surface area contributed by atoms with Gasteiger partial charge in [0.1, 0.15) is 5.69 Å². The molecule has 0 fully saturated rings. The van der Waals surface area contributed by atoms with Crippen LogP contribution in [-0.4, -0.2) is 16.9 Å². The van der Waals surface area contributed by atoms with Crippen molar-refractivity contribution in [1.29, 1.82) is 0 Å². The van der Waals surface area contributed by atoms with Gasteiger partial charge >= 0.3 is 0 Å². The number of nitro benzene ring substituents is 1. The number of nitro groups is 1. The summed E-state index contributed by atoms with van der Waals surface area (Å²) in [4.78, 5) is 22.5. The van der Waals surface area contributed by atoms with E-state index in [0.717, 1.165) is 24.0 Å². The van der Waals surface area contributed by atoms with Crippen LogP contribution in [0.5, 0.6) is 0 Å². The van der Waals surface area contributed by atoms with Gasteiger partial charge in [0.25, 0.3) is 5.69 Å². The minimum atomic E-state index is -0.642.